The SMILES string of the molecule is Cn1cnc(S(=O)(=O)Nc2cccc(C(c3c(O)cc(CCCCC4CCOCC4)oc3=O)C3CC3)c2)c1. The molecule has 38 heavy (non-hydrogen) atoms. The van der Waals surface area contributed by atoms with Crippen LogP contribution in [0.1, 0.15) is 67.8 Å². The number of imidazole rings is 1. The molecule has 10 heteroatoms. The maximum absolute atomic E-state index is 13.1. The maximum atomic E-state index is 13.1. The quantitative estimate of drug-likeness (QED) is 0.341. The number of unbranched alkanes of at least 4 members (excludes halogenated alkanes) is 1. The highest BCUT2D eigenvalue weighted by Crippen LogP contribution is 2.48. The molecule has 1 aliphatic heterocycles. The lowest BCUT2D eigenvalue weighted by Gasteiger charge is -2.21. The van der Waals surface area contributed by atoms with Crippen molar-refractivity contribution in [2.24, 2.45) is 18.9 Å². The second kappa shape index (κ2) is 11.3. The van der Waals surface area contributed by atoms with Crippen LogP contribution in [0, 0.1) is 11.8 Å². The molecule has 1 unspecified atom stereocenters. The third-order valence-electron chi connectivity index (χ3n) is 7.50. The molecule has 2 aromatic heterocycles. The Labute approximate surface area is 222 Å². The summed E-state index contributed by atoms with van der Waals surface area (Å²) in [6.45, 7) is 1.69. The van der Waals surface area contributed by atoms with Crippen LogP contribution in [0.3, 0.4) is 0 Å². The van der Waals surface area contributed by atoms with Gasteiger partial charge in [0, 0.05) is 50.6 Å². The van der Waals surface area contributed by atoms with E-state index in [0.29, 0.717) is 23.8 Å². The molecule has 2 aliphatic rings. The molecule has 3 heterocycles. The lowest BCUT2D eigenvalue weighted by molar-refractivity contribution is 0.0631. The van der Waals surface area contributed by atoms with E-state index in [9.17, 15) is 18.3 Å². The van der Waals surface area contributed by atoms with Crippen molar-refractivity contribution in [3.63, 3.8) is 0 Å². The zero-order valence-corrected chi connectivity index (χ0v) is 22.5. The Kier molecular flexibility index (Phi) is 7.90. The highest BCUT2D eigenvalue weighted by Gasteiger charge is 2.37. The minimum absolute atomic E-state index is 0.0583. The number of hydrogen-bond donors (Lipinski definition) is 2. The first kappa shape index (κ1) is 26.5. The molecule has 5 rings (SSSR count). The number of aryl methyl sites for hydroxylation is 2. The Morgan fingerprint density at radius 3 is 2.63 bits per heavy atom. The Morgan fingerprint density at radius 1 is 1.16 bits per heavy atom. The van der Waals surface area contributed by atoms with Crippen molar-refractivity contribution in [1.82, 2.24) is 9.55 Å². The molecular weight excluding hydrogens is 506 g/mol. The van der Waals surface area contributed by atoms with Crippen molar-refractivity contribution >= 4 is 15.7 Å². The van der Waals surface area contributed by atoms with Crippen LogP contribution in [0.25, 0.3) is 0 Å². The average Bonchev–Trinajstić information content (AvgIpc) is 3.62. The molecule has 3 aromatic rings. The number of hydrogen-bond acceptors (Lipinski definition) is 7. The fourth-order valence-electron chi connectivity index (χ4n) is 5.35. The summed E-state index contributed by atoms with van der Waals surface area (Å²) in [7, 11) is -2.16. The predicted molar refractivity (Wildman–Crippen MR) is 143 cm³/mol. The summed E-state index contributed by atoms with van der Waals surface area (Å²) in [5.41, 5.74) is 0.827. The predicted octanol–water partition coefficient (Wildman–Crippen LogP) is 4.56. The topological polar surface area (TPSA) is 124 Å². The smallest absolute Gasteiger partial charge is 0.343 e. The molecule has 0 spiro atoms. The summed E-state index contributed by atoms with van der Waals surface area (Å²) in [5, 5.41) is 10.9. The van der Waals surface area contributed by atoms with Crippen LogP contribution < -0.4 is 10.3 Å². The van der Waals surface area contributed by atoms with E-state index in [2.05, 4.69) is 9.71 Å². The van der Waals surface area contributed by atoms with E-state index >= 15 is 0 Å². The van der Waals surface area contributed by atoms with Gasteiger partial charge < -0.3 is 18.8 Å². The molecule has 0 amide bonds. The fraction of sp³-hybridized carbons (Fsp3) is 0.500. The number of sulfonamides is 1. The van der Waals surface area contributed by atoms with Crippen LogP contribution in [0.15, 0.2) is 57.1 Å². The number of rotatable bonds is 11. The second-order valence-corrected chi connectivity index (χ2v) is 12.2. The van der Waals surface area contributed by atoms with E-state index in [-0.39, 0.29) is 28.2 Å². The van der Waals surface area contributed by atoms with Crippen molar-refractivity contribution in [2.45, 2.75) is 62.3 Å². The Morgan fingerprint density at radius 2 is 1.95 bits per heavy atom. The van der Waals surface area contributed by atoms with Gasteiger partial charge in [0.05, 0.1) is 11.9 Å². The zero-order valence-electron chi connectivity index (χ0n) is 21.6. The van der Waals surface area contributed by atoms with E-state index in [4.69, 9.17) is 9.15 Å². The average molecular weight is 542 g/mol. The molecule has 0 radical (unpaired) electrons. The van der Waals surface area contributed by atoms with Gasteiger partial charge >= 0.3 is 5.63 Å². The van der Waals surface area contributed by atoms with E-state index in [1.165, 1.54) is 12.5 Å². The van der Waals surface area contributed by atoms with Gasteiger partial charge in [-0.25, -0.2) is 9.78 Å². The van der Waals surface area contributed by atoms with Gasteiger partial charge in [-0.3, -0.25) is 4.72 Å². The highest BCUT2D eigenvalue weighted by molar-refractivity contribution is 7.92. The molecule has 0 bridgehead atoms. The van der Waals surface area contributed by atoms with Gasteiger partial charge in [0.15, 0.2) is 5.03 Å². The fourth-order valence-corrected chi connectivity index (χ4v) is 6.38. The number of aromatic hydroxyl groups is 1. The second-order valence-electron chi connectivity index (χ2n) is 10.5. The molecule has 9 nitrogen and oxygen atoms in total. The number of nitrogens with zero attached hydrogens (tertiary/aromatic N) is 2. The normalized spacial score (nSPS) is 17.4. The van der Waals surface area contributed by atoms with Crippen LogP contribution in [0.5, 0.6) is 5.75 Å². The van der Waals surface area contributed by atoms with Crippen molar-refractivity contribution in [1.29, 1.82) is 0 Å². The van der Waals surface area contributed by atoms with Gasteiger partial charge in [-0.1, -0.05) is 25.0 Å². The van der Waals surface area contributed by atoms with E-state index in [1.54, 1.807) is 35.9 Å². The van der Waals surface area contributed by atoms with Crippen LogP contribution in [-0.2, 0) is 28.2 Å². The summed E-state index contributed by atoms with van der Waals surface area (Å²) in [4.78, 5) is 17.1. The van der Waals surface area contributed by atoms with Gasteiger partial charge in [0.2, 0.25) is 0 Å². The Bertz CT molecular complexity index is 1420. The number of benzene rings is 1. The Balaban J connectivity index is 1.31. The molecule has 2 N–H and O–H groups in total. The van der Waals surface area contributed by atoms with Gasteiger partial charge in [-0.2, -0.15) is 8.42 Å². The molecular formula is C28H35N3O6S. The first-order valence-corrected chi connectivity index (χ1v) is 14.8. The number of anilines is 1. The van der Waals surface area contributed by atoms with E-state index in [0.717, 1.165) is 63.7 Å². The summed E-state index contributed by atoms with van der Waals surface area (Å²) < 4.78 is 40.7. The van der Waals surface area contributed by atoms with Crippen molar-refractivity contribution in [3.05, 3.63) is 70.2 Å². The maximum Gasteiger partial charge on any atom is 0.343 e. The standard InChI is InChI=1S/C28H35N3O6S/c1-31-17-25(29-18-31)38(34,35)30-22-7-4-6-21(15-22)26(20-9-10-20)27-24(32)16-23(37-28(27)33)8-3-2-5-19-11-13-36-14-12-19/h4,6-7,15-20,26,30,32H,2-3,5,8-14H2,1H3. The minimum atomic E-state index is -3.86. The van der Waals surface area contributed by atoms with Gasteiger partial charge in [0.1, 0.15) is 11.5 Å². The van der Waals surface area contributed by atoms with Gasteiger partial charge in [-0.15, -0.1) is 0 Å². The van der Waals surface area contributed by atoms with Crippen LogP contribution >= 0.6 is 0 Å². The lowest BCUT2D eigenvalue weighted by Crippen LogP contribution is -2.17. The zero-order chi connectivity index (χ0) is 26.7. The van der Waals surface area contributed by atoms with Crippen molar-refractivity contribution in [3.8, 4) is 5.75 Å². The van der Waals surface area contributed by atoms with Crippen LogP contribution in [0.4, 0.5) is 5.69 Å². The molecule has 1 saturated carbocycles. The lowest BCUT2D eigenvalue weighted by atomic mass is 9.87. The number of nitrogens with one attached hydrogen (secondary N) is 1. The summed E-state index contributed by atoms with van der Waals surface area (Å²) in [6.07, 6.45) is 10.6. The van der Waals surface area contributed by atoms with Gasteiger partial charge in [0.25, 0.3) is 10.0 Å². The first-order valence-electron chi connectivity index (χ1n) is 13.3. The summed E-state index contributed by atoms with van der Waals surface area (Å²) >= 11 is 0. The van der Waals surface area contributed by atoms with Crippen LogP contribution in [0.2, 0.25) is 0 Å². The van der Waals surface area contributed by atoms with Crippen LogP contribution in [-0.4, -0.2) is 36.3 Å². The molecule has 2 fully saturated rings. The monoisotopic (exact) mass is 541 g/mol. The van der Waals surface area contributed by atoms with Crippen molar-refractivity contribution < 1.29 is 22.7 Å². The third-order valence-corrected chi connectivity index (χ3v) is 8.77. The molecule has 1 atom stereocenters. The summed E-state index contributed by atoms with van der Waals surface area (Å²) in [5.74, 6) is 0.937. The van der Waals surface area contributed by atoms with E-state index < -0.39 is 15.6 Å². The molecule has 1 saturated heterocycles. The Hall–Kier alpha value is -3.11. The first-order chi connectivity index (χ1) is 18.3. The minimum Gasteiger partial charge on any atom is -0.507 e. The third kappa shape index (κ3) is 6.30. The molecule has 1 aliphatic carbocycles. The van der Waals surface area contributed by atoms with Gasteiger partial charge in [-0.05, 0) is 61.6 Å². The molecule has 204 valence electrons. The van der Waals surface area contributed by atoms with Crippen molar-refractivity contribution in [2.75, 3.05) is 17.9 Å². The number of aromatic nitrogens is 2. The number of ether oxygens (including phenoxy) is 1. The summed E-state index contributed by atoms with van der Waals surface area (Å²) in [6, 6.07) is 8.54. The highest BCUT2D eigenvalue weighted by atomic mass is 32.2. The van der Waals surface area contributed by atoms with E-state index in [1.807, 2.05) is 6.07 Å². The molecule has 1 aromatic carbocycles. The largest absolute Gasteiger partial charge is 0.507 e.